The monoisotopic (exact) mass is 319 g/mol. The molecule has 3 aromatic rings. The van der Waals surface area contributed by atoms with E-state index in [4.69, 9.17) is 16.3 Å². The molecule has 0 amide bonds. The minimum atomic E-state index is -0.418. The molecule has 0 bridgehead atoms. The molecular formula is C14H10ClN3O2S. The van der Waals surface area contributed by atoms with Crippen molar-refractivity contribution >= 4 is 50.6 Å². The number of benzene rings is 1. The summed E-state index contributed by atoms with van der Waals surface area (Å²) in [5, 5.41) is 6.47. The van der Waals surface area contributed by atoms with Gasteiger partial charge in [0.25, 0.3) is 0 Å². The third kappa shape index (κ3) is 2.68. The number of carbonyl (C=O) groups is 1. The number of thiophene rings is 1. The molecule has 0 spiro atoms. The molecule has 2 aromatic heterocycles. The largest absolute Gasteiger partial charge is 0.465 e. The molecule has 1 N–H and O–H groups in total. The zero-order chi connectivity index (χ0) is 14.8. The van der Waals surface area contributed by atoms with Crippen LogP contribution in [0.5, 0.6) is 0 Å². The third-order valence-corrected chi connectivity index (χ3v) is 4.05. The van der Waals surface area contributed by atoms with Gasteiger partial charge in [-0.1, -0.05) is 11.6 Å². The van der Waals surface area contributed by atoms with Crippen molar-refractivity contribution in [1.82, 2.24) is 9.97 Å². The summed E-state index contributed by atoms with van der Waals surface area (Å²) in [7, 11) is 1.34. The predicted octanol–water partition coefficient (Wildman–Crippen LogP) is 3.87. The Hall–Kier alpha value is -2.18. The normalized spacial score (nSPS) is 10.6. The number of esters is 1. The van der Waals surface area contributed by atoms with Crippen LogP contribution in [0.1, 0.15) is 10.4 Å². The zero-order valence-electron chi connectivity index (χ0n) is 11.0. The summed E-state index contributed by atoms with van der Waals surface area (Å²) in [6.45, 7) is 0. The van der Waals surface area contributed by atoms with Gasteiger partial charge < -0.3 is 10.1 Å². The first kappa shape index (κ1) is 13.8. The summed E-state index contributed by atoms with van der Waals surface area (Å²) in [4.78, 5) is 20.9. The number of methoxy groups -OCH3 is 1. The number of carbonyl (C=O) groups excluding carboxylic acids is 1. The van der Waals surface area contributed by atoms with Crippen molar-refractivity contribution in [3.8, 4) is 0 Å². The first-order valence-electron chi connectivity index (χ1n) is 6.02. The fourth-order valence-electron chi connectivity index (χ4n) is 1.88. The topological polar surface area (TPSA) is 64.1 Å². The van der Waals surface area contributed by atoms with Crippen molar-refractivity contribution in [2.24, 2.45) is 0 Å². The average molecular weight is 320 g/mol. The number of halogens is 1. The van der Waals surface area contributed by atoms with E-state index in [-0.39, 0.29) is 0 Å². The van der Waals surface area contributed by atoms with Crippen LogP contribution in [0.25, 0.3) is 10.2 Å². The van der Waals surface area contributed by atoms with E-state index in [9.17, 15) is 4.79 Å². The van der Waals surface area contributed by atoms with Gasteiger partial charge in [-0.05, 0) is 29.6 Å². The van der Waals surface area contributed by atoms with E-state index in [0.717, 1.165) is 10.2 Å². The summed E-state index contributed by atoms with van der Waals surface area (Å²) >= 11 is 7.69. The molecule has 0 aliphatic carbocycles. The van der Waals surface area contributed by atoms with Crippen LogP contribution in [0.15, 0.2) is 36.0 Å². The maximum absolute atomic E-state index is 11.6. The number of ether oxygens (including phenoxy) is 1. The molecule has 0 fully saturated rings. The summed E-state index contributed by atoms with van der Waals surface area (Å²) in [5.74, 6) is 0.225. The standard InChI is InChI=1S/C14H10ClN3O2S/c1-20-14(19)8-2-3-10(15)11(6-8)18-12-9-4-5-21-13(9)17-7-16-12/h2-7H,1H3,(H,16,17,18). The summed E-state index contributed by atoms with van der Waals surface area (Å²) in [5.41, 5.74) is 1.01. The van der Waals surface area contributed by atoms with E-state index in [2.05, 4.69) is 15.3 Å². The first-order valence-corrected chi connectivity index (χ1v) is 7.28. The van der Waals surface area contributed by atoms with Crippen molar-refractivity contribution in [3.05, 3.63) is 46.6 Å². The number of hydrogen-bond donors (Lipinski definition) is 1. The lowest BCUT2D eigenvalue weighted by Gasteiger charge is -2.09. The van der Waals surface area contributed by atoms with Crippen LogP contribution in [0, 0.1) is 0 Å². The minimum Gasteiger partial charge on any atom is -0.465 e. The SMILES string of the molecule is COC(=O)c1ccc(Cl)c(Nc2ncnc3sccc23)c1. The van der Waals surface area contributed by atoms with Gasteiger partial charge in [-0.2, -0.15) is 0 Å². The molecule has 5 nitrogen and oxygen atoms in total. The smallest absolute Gasteiger partial charge is 0.337 e. The van der Waals surface area contributed by atoms with E-state index in [0.29, 0.717) is 22.1 Å². The van der Waals surface area contributed by atoms with Crippen molar-refractivity contribution in [3.63, 3.8) is 0 Å². The summed E-state index contributed by atoms with van der Waals surface area (Å²) < 4.78 is 4.71. The molecule has 0 radical (unpaired) electrons. The van der Waals surface area contributed by atoms with Crippen molar-refractivity contribution < 1.29 is 9.53 Å². The van der Waals surface area contributed by atoms with Crippen LogP contribution >= 0.6 is 22.9 Å². The molecule has 2 heterocycles. The first-order chi connectivity index (χ1) is 10.2. The highest BCUT2D eigenvalue weighted by atomic mass is 35.5. The van der Waals surface area contributed by atoms with E-state index in [1.807, 2.05) is 11.4 Å². The van der Waals surface area contributed by atoms with Gasteiger partial charge in [-0.25, -0.2) is 14.8 Å². The molecule has 21 heavy (non-hydrogen) atoms. The molecule has 0 aliphatic rings. The highest BCUT2D eigenvalue weighted by molar-refractivity contribution is 7.16. The fraction of sp³-hybridized carbons (Fsp3) is 0.0714. The lowest BCUT2D eigenvalue weighted by atomic mass is 10.2. The van der Waals surface area contributed by atoms with Gasteiger partial charge in [0.15, 0.2) is 0 Å². The van der Waals surface area contributed by atoms with Gasteiger partial charge in [0.05, 0.1) is 28.8 Å². The highest BCUT2D eigenvalue weighted by Gasteiger charge is 2.11. The molecule has 7 heteroatoms. The van der Waals surface area contributed by atoms with E-state index < -0.39 is 5.97 Å². The molecule has 0 atom stereocenters. The molecule has 3 rings (SSSR count). The number of nitrogens with one attached hydrogen (secondary N) is 1. The number of aromatic nitrogens is 2. The van der Waals surface area contributed by atoms with Gasteiger partial charge in [-0.15, -0.1) is 11.3 Å². The Bertz CT molecular complexity index is 819. The Labute approximate surface area is 129 Å². The van der Waals surface area contributed by atoms with E-state index in [1.54, 1.807) is 18.2 Å². The Morgan fingerprint density at radius 3 is 3.00 bits per heavy atom. The molecular weight excluding hydrogens is 310 g/mol. The lowest BCUT2D eigenvalue weighted by molar-refractivity contribution is 0.0601. The second-order valence-electron chi connectivity index (χ2n) is 4.17. The Balaban J connectivity index is 2.01. The summed E-state index contributed by atoms with van der Waals surface area (Å²) in [6, 6.07) is 6.82. The van der Waals surface area contributed by atoms with Crippen molar-refractivity contribution in [2.45, 2.75) is 0 Å². The molecule has 106 valence electrons. The summed E-state index contributed by atoms with van der Waals surface area (Å²) in [6.07, 6.45) is 1.49. The van der Waals surface area contributed by atoms with Gasteiger partial charge in [0.1, 0.15) is 17.0 Å². The predicted molar refractivity (Wildman–Crippen MR) is 83.5 cm³/mol. The van der Waals surface area contributed by atoms with Crippen LogP contribution < -0.4 is 5.32 Å². The number of rotatable bonds is 3. The van der Waals surface area contributed by atoms with Gasteiger partial charge in [-0.3, -0.25) is 0 Å². The lowest BCUT2D eigenvalue weighted by Crippen LogP contribution is -2.03. The van der Waals surface area contributed by atoms with Crippen LogP contribution in [-0.4, -0.2) is 23.0 Å². The molecule has 0 unspecified atom stereocenters. The Morgan fingerprint density at radius 2 is 2.19 bits per heavy atom. The van der Waals surface area contributed by atoms with Crippen LogP contribution in [0.4, 0.5) is 11.5 Å². The van der Waals surface area contributed by atoms with Crippen LogP contribution in [0.3, 0.4) is 0 Å². The third-order valence-electron chi connectivity index (χ3n) is 2.90. The second-order valence-corrected chi connectivity index (χ2v) is 5.47. The van der Waals surface area contributed by atoms with Crippen LogP contribution in [-0.2, 0) is 4.74 Å². The Kier molecular flexibility index (Phi) is 3.72. The number of nitrogens with zero attached hydrogens (tertiary/aromatic N) is 2. The van der Waals surface area contributed by atoms with Gasteiger partial charge in [0, 0.05) is 0 Å². The maximum atomic E-state index is 11.6. The quantitative estimate of drug-likeness (QED) is 0.742. The molecule has 0 aliphatic heterocycles. The van der Waals surface area contributed by atoms with Crippen LogP contribution in [0.2, 0.25) is 5.02 Å². The van der Waals surface area contributed by atoms with Gasteiger partial charge in [0.2, 0.25) is 0 Å². The van der Waals surface area contributed by atoms with Gasteiger partial charge >= 0.3 is 5.97 Å². The number of hydrogen-bond acceptors (Lipinski definition) is 6. The maximum Gasteiger partial charge on any atom is 0.337 e. The Morgan fingerprint density at radius 1 is 1.33 bits per heavy atom. The highest BCUT2D eigenvalue weighted by Crippen LogP contribution is 2.30. The van der Waals surface area contributed by atoms with Crippen molar-refractivity contribution in [1.29, 1.82) is 0 Å². The fourth-order valence-corrected chi connectivity index (χ4v) is 2.78. The molecule has 0 saturated heterocycles. The van der Waals surface area contributed by atoms with E-state index in [1.165, 1.54) is 24.8 Å². The second kappa shape index (κ2) is 5.67. The van der Waals surface area contributed by atoms with Crippen molar-refractivity contribution in [2.75, 3.05) is 12.4 Å². The van der Waals surface area contributed by atoms with E-state index >= 15 is 0 Å². The molecule has 0 saturated carbocycles. The number of anilines is 2. The molecule has 1 aromatic carbocycles. The number of fused-ring (bicyclic) bond motifs is 1. The average Bonchev–Trinajstić information content (AvgIpc) is 2.98. The minimum absolute atomic E-state index is 0.417. The zero-order valence-corrected chi connectivity index (χ0v) is 12.5.